The lowest BCUT2D eigenvalue weighted by Gasteiger charge is -2.28. The number of unbranched alkanes of at least 4 members (excludes halogenated alkanes) is 2. The van der Waals surface area contributed by atoms with Gasteiger partial charge in [-0.25, -0.2) is 0 Å². The minimum absolute atomic E-state index is 0.0930. The van der Waals surface area contributed by atoms with Gasteiger partial charge in [0.25, 0.3) is 0 Å². The Bertz CT molecular complexity index is 275. The second-order valence-electron chi connectivity index (χ2n) is 6.29. The Kier molecular flexibility index (Phi) is 11.4. The molecule has 0 fully saturated rings. The predicted molar refractivity (Wildman–Crippen MR) is 90.0 cm³/mol. The standard InChI is InChI=1S/C16H35N3O2/c1-7-17-15(18-11-9-8-10-12-20-5)19-13-14(21-6)16(2,3)4/h14H,7-13H2,1-6H3,(H2,17,18,19). The summed E-state index contributed by atoms with van der Waals surface area (Å²) >= 11 is 0. The van der Waals surface area contributed by atoms with Gasteiger partial charge in [-0.2, -0.15) is 0 Å². The number of hydrogen-bond donors (Lipinski definition) is 2. The van der Waals surface area contributed by atoms with E-state index in [-0.39, 0.29) is 11.5 Å². The summed E-state index contributed by atoms with van der Waals surface area (Å²) in [4.78, 5) is 4.63. The molecule has 21 heavy (non-hydrogen) atoms. The van der Waals surface area contributed by atoms with Crippen molar-refractivity contribution in [3.63, 3.8) is 0 Å². The van der Waals surface area contributed by atoms with Gasteiger partial charge in [0.15, 0.2) is 5.96 Å². The van der Waals surface area contributed by atoms with Gasteiger partial charge in [0.2, 0.25) is 0 Å². The Morgan fingerprint density at radius 3 is 2.33 bits per heavy atom. The summed E-state index contributed by atoms with van der Waals surface area (Å²) in [5.41, 5.74) is 0.0930. The molecule has 5 heteroatoms. The van der Waals surface area contributed by atoms with Crippen molar-refractivity contribution in [1.29, 1.82) is 0 Å². The summed E-state index contributed by atoms with van der Waals surface area (Å²) < 4.78 is 10.6. The van der Waals surface area contributed by atoms with Gasteiger partial charge < -0.3 is 20.1 Å². The Labute approximate surface area is 130 Å². The van der Waals surface area contributed by atoms with Gasteiger partial charge in [-0.05, 0) is 31.6 Å². The number of nitrogens with zero attached hydrogens (tertiary/aromatic N) is 1. The van der Waals surface area contributed by atoms with Crippen LogP contribution in [0.3, 0.4) is 0 Å². The number of hydrogen-bond acceptors (Lipinski definition) is 3. The van der Waals surface area contributed by atoms with Crippen LogP contribution < -0.4 is 10.6 Å². The molecular weight excluding hydrogens is 266 g/mol. The zero-order valence-corrected chi connectivity index (χ0v) is 14.8. The van der Waals surface area contributed by atoms with Crippen molar-refractivity contribution in [1.82, 2.24) is 10.6 Å². The number of aliphatic imine (C=N–C) groups is 1. The summed E-state index contributed by atoms with van der Waals surface area (Å²) in [5.74, 6) is 0.871. The van der Waals surface area contributed by atoms with E-state index in [1.165, 1.54) is 6.42 Å². The molecule has 2 N–H and O–H groups in total. The molecule has 0 aromatic rings. The SMILES string of the molecule is CCNC(=NCC(OC)C(C)(C)C)NCCCCCOC. The summed E-state index contributed by atoms with van der Waals surface area (Å²) in [6, 6.07) is 0. The molecule has 0 saturated carbocycles. The molecule has 1 atom stereocenters. The van der Waals surface area contributed by atoms with Crippen molar-refractivity contribution in [2.75, 3.05) is 40.5 Å². The average molecular weight is 301 g/mol. The molecule has 0 bridgehead atoms. The van der Waals surface area contributed by atoms with Crippen molar-refractivity contribution < 1.29 is 9.47 Å². The Morgan fingerprint density at radius 1 is 1.10 bits per heavy atom. The smallest absolute Gasteiger partial charge is 0.191 e. The Balaban J connectivity index is 4.17. The topological polar surface area (TPSA) is 54.9 Å². The molecule has 0 aromatic carbocycles. The lowest BCUT2D eigenvalue weighted by Crippen LogP contribution is -2.39. The van der Waals surface area contributed by atoms with Gasteiger partial charge >= 0.3 is 0 Å². The normalized spacial score (nSPS) is 14.1. The Morgan fingerprint density at radius 2 is 1.81 bits per heavy atom. The maximum Gasteiger partial charge on any atom is 0.191 e. The molecule has 5 nitrogen and oxygen atoms in total. The number of guanidine groups is 1. The van der Waals surface area contributed by atoms with Crippen LogP contribution in [-0.4, -0.2) is 52.5 Å². The van der Waals surface area contributed by atoms with E-state index >= 15 is 0 Å². The third-order valence-electron chi connectivity index (χ3n) is 3.33. The van der Waals surface area contributed by atoms with Crippen LogP contribution in [0.25, 0.3) is 0 Å². The first-order valence-electron chi connectivity index (χ1n) is 7.99. The van der Waals surface area contributed by atoms with Crippen LogP contribution in [0.1, 0.15) is 47.0 Å². The zero-order chi connectivity index (χ0) is 16.1. The fourth-order valence-electron chi connectivity index (χ4n) is 1.97. The molecule has 126 valence electrons. The summed E-state index contributed by atoms with van der Waals surface area (Å²) in [6.45, 7) is 11.9. The van der Waals surface area contributed by atoms with E-state index in [1.54, 1.807) is 14.2 Å². The third kappa shape index (κ3) is 10.5. The molecule has 0 aliphatic rings. The summed E-state index contributed by atoms with van der Waals surface area (Å²) in [7, 11) is 3.50. The summed E-state index contributed by atoms with van der Waals surface area (Å²) in [6.07, 6.45) is 3.53. The minimum Gasteiger partial charge on any atom is -0.385 e. The monoisotopic (exact) mass is 301 g/mol. The van der Waals surface area contributed by atoms with Gasteiger partial charge in [0.1, 0.15) is 0 Å². The van der Waals surface area contributed by atoms with Crippen LogP contribution in [0.15, 0.2) is 4.99 Å². The van der Waals surface area contributed by atoms with Gasteiger partial charge in [0.05, 0.1) is 12.6 Å². The van der Waals surface area contributed by atoms with Crippen LogP contribution in [0, 0.1) is 5.41 Å². The van der Waals surface area contributed by atoms with E-state index in [2.05, 4.69) is 43.3 Å². The van der Waals surface area contributed by atoms with Crippen LogP contribution in [0.5, 0.6) is 0 Å². The van der Waals surface area contributed by atoms with Crippen LogP contribution in [0.4, 0.5) is 0 Å². The number of methoxy groups -OCH3 is 2. The number of ether oxygens (including phenoxy) is 2. The quantitative estimate of drug-likeness (QED) is 0.370. The maximum absolute atomic E-state index is 5.54. The van der Waals surface area contributed by atoms with Gasteiger partial charge in [-0.3, -0.25) is 4.99 Å². The Hall–Kier alpha value is -0.810. The third-order valence-corrected chi connectivity index (χ3v) is 3.33. The van der Waals surface area contributed by atoms with Crippen molar-refractivity contribution >= 4 is 5.96 Å². The van der Waals surface area contributed by atoms with Crippen molar-refractivity contribution in [2.24, 2.45) is 10.4 Å². The van der Waals surface area contributed by atoms with Crippen LogP contribution in [-0.2, 0) is 9.47 Å². The molecule has 0 heterocycles. The first kappa shape index (κ1) is 20.2. The molecule has 0 aliphatic heterocycles. The lowest BCUT2D eigenvalue weighted by atomic mass is 9.89. The van der Waals surface area contributed by atoms with E-state index in [9.17, 15) is 0 Å². The van der Waals surface area contributed by atoms with E-state index in [4.69, 9.17) is 9.47 Å². The van der Waals surface area contributed by atoms with E-state index in [0.29, 0.717) is 6.54 Å². The molecule has 0 spiro atoms. The first-order valence-corrected chi connectivity index (χ1v) is 7.99. The molecule has 0 aromatic heterocycles. The van der Waals surface area contributed by atoms with Crippen LogP contribution in [0.2, 0.25) is 0 Å². The van der Waals surface area contributed by atoms with E-state index in [1.807, 2.05) is 0 Å². The molecule has 0 saturated heterocycles. The first-order chi connectivity index (χ1) is 9.95. The lowest BCUT2D eigenvalue weighted by molar-refractivity contribution is 0.0241. The molecule has 0 rings (SSSR count). The van der Waals surface area contributed by atoms with E-state index < -0.39 is 0 Å². The van der Waals surface area contributed by atoms with Crippen molar-refractivity contribution in [3.05, 3.63) is 0 Å². The fraction of sp³-hybridized carbons (Fsp3) is 0.938. The van der Waals surface area contributed by atoms with Crippen molar-refractivity contribution in [2.45, 2.75) is 53.1 Å². The minimum atomic E-state index is 0.0930. The molecule has 0 radical (unpaired) electrons. The molecule has 0 amide bonds. The van der Waals surface area contributed by atoms with E-state index in [0.717, 1.165) is 38.5 Å². The predicted octanol–water partition coefficient (Wildman–Crippen LogP) is 2.42. The number of rotatable bonds is 10. The fourth-order valence-corrected chi connectivity index (χ4v) is 1.97. The van der Waals surface area contributed by atoms with Crippen molar-refractivity contribution in [3.8, 4) is 0 Å². The molecular formula is C16H35N3O2. The maximum atomic E-state index is 5.54. The highest BCUT2D eigenvalue weighted by Gasteiger charge is 2.23. The second kappa shape index (κ2) is 11.8. The molecule has 0 aliphatic carbocycles. The van der Waals surface area contributed by atoms with Gasteiger partial charge in [-0.15, -0.1) is 0 Å². The second-order valence-corrected chi connectivity index (χ2v) is 6.29. The summed E-state index contributed by atoms with van der Waals surface area (Å²) in [5, 5.41) is 6.65. The highest BCUT2D eigenvalue weighted by Crippen LogP contribution is 2.21. The van der Waals surface area contributed by atoms with Crippen LogP contribution >= 0.6 is 0 Å². The zero-order valence-electron chi connectivity index (χ0n) is 14.8. The average Bonchev–Trinajstić information content (AvgIpc) is 2.41. The number of nitrogens with one attached hydrogen (secondary N) is 2. The largest absolute Gasteiger partial charge is 0.385 e. The highest BCUT2D eigenvalue weighted by atomic mass is 16.5. The highest BCUT2D eigenvalue weighted by molar-refractivity contribution is 5.79. The van der Waals surface area contributed by atoms with Gasteiger partial charge in [-0.1, -0.05) is 20.8 Å². The molecule has 1 unspecified atom stereocenters. The van der Waals surface area contributed by atoms with Gasteiger partial charge in [0, 0.05) is 33.9 Å².